The van der Waals surface area contributed by atoms with Crippen molar-refractivity contribution in [2.24, 2.45) is 5.10 Å². The number of nitrogens with zero attached hydrogens (tertiary/aromatic N) is 3. The molecule has 27 heavy (non-hydrogen) atoms. The fraction of sp³-hybridized carbons (Fsp3) is 0.158. The summed E-state index contributed by atoms with van der Waals surface area (Å²) in [5, 5.41) is 12.3. The molecule has 0 aliphatic carbocycles. The molecule has 0 aliphatic heterocycles. The number of aromatic nitrogens is 2. The molecule has 1 atom stereocenters. The van der Waals surface area contributed by atoms with Crippen molar-refractivity contribution in [2.75, 3.05) is 5.73 Å². The van der Waals surface area contributed by atoms with E-state index in [9.17, 15) is 4.79 Å². The summed E-state index contributed by atoms with van der Waals surface area (Å²) >= 11 is 1.18. The molecule has 0 aliphatic rings. The second-order valence-electron chi connectivity index (χ2n) is 5.74. The first kappa shape index (κ1) is 18.5. The fourth-order valence-electron chi connectivity index (χ4n) is 2.32. The largest absolute Gasteiger partial charge is 0.486 e. The Hall–Kier alpha value is -3.26. The van der Waals surface area contributed by atoms with E-state index in [2.05, 4.69) is 20.7 Å². The molecule has 7 nitrogen and oxygen atoms in total. The van der Waals surface area contributed by atoms with Gasteiger partial charge in [0.15, 0.2) is 0 Å². The SMILES string of the molecule is C[C@@H](Oc1ccc(/C=N\NC(=O)Cc2nnc(N)s2)cc1)c1ccccc1. The van der Waals surface area contributed by atoms with Gasteiger partial charge >= 0.3 is 0 Å². The van der Waals surface area contributed by atoms with E-state index in [-0.39, 0.29) is 18.4 Å². The average Bonchev–Trinajstić information content (AvgIpc) is 3.08. The third kappa shape index (κ3) is 5.61. The van der Waals surface area contributed by atoms with E-state index in [0.29, 0.717) is 10.1 Å². The van der Waals surface area contributed by atoms with Crippen LogP contribution in [0.25, 0.3) is 0 Å². The highest BCUT2D eigenvalue weighted by molar-refractivity contribution is 7.15. The summed E-state index contributed by atoms with van der Waals surface area (Å²) in [4.78, 5) is 11.8. The molecule has 3 rings (SSSR count). The predicted octanol–water partition coefficient (Wildman–Crippen LogP) is 2.95. The normalized spacial score (nSPS) is 12.0. The van der Waals surface area contributed by atoms with E-state index in [1.807, 2.05) is 61.5 Å². The number of hydrogen-bond donors (Lipinski definition) is 2. The van der Waals surface area contributed by atoms with Gasteiger partial charge in [0.25, 0.3) is 0 Å². The number of nitrogen functional groups attached to an aromatic ring is 1. The van der Waals surface area contributed by atoms with E-state index >= 15 is 0 Å². The molecule has 0 fully saturated rings. The number of benzene rings is 2. The molecule has 8 heteroatoms. The standard InChI is InChI=1S/C19H19N5O2S/c1-13(15-5-3-2-4-6-15)26-16-9-7-14(8-10-16)12-21-22-17(25)11-18-23-24-19(20)27-18/h2-10,12-13H,11H2,1H3,(H2,20,24)(H,22,25)/b21-12-/t13-/m1/s1. The average molecular weight is 381 g/mol. The number of nitrogens with two attached hydrogens (primary N) is 1. The first-order valence-corrected chi connectivity index (χ1v) is 9.13. The summed E-state index contributed by atoms with van der Waals surface area (Å²) < 4.78 is 5.93. The molecule has 0 unspecified atom stereocenters. The number of carbonyl (C=O) groups excluding carboxylic acids is 1. The maximum atomic E-state index is 11.8. The smallest absolute Gasteiger partial charge is 0.247 e. The molecule has 0 saturated carbocycles. The van der Waals surface area contributed by atoms with E-state index in [4.69, 9.17) is 10.5 Å². The van der Waals surface area contributed by atoms with Crippen LogP contribution in [0.15, 0.2) is 59.7 Å². The van der Waals surface area contributed by atoms with Crippen LogP contribution >= 0.6 is 11.3 Å². The fourth-order valence-corrected chi connectivity index (χ4v) is 2.93. The summed E-state index contributed by atoms with van der Waals surface area (Å²) in [6.07, 6.45) is 1.62. The lowest BCUT2D eigenvalue weighted by Gasteiger charge is -2.15. The van der Waals surface area contributed by atoms with Gasteiger partial charge in [-0.25, -0.2) is 5.43 Å². The highest BCUT2D eigenvalue weighted by Crippen LogP contribution is 2.21. The van der Waals surface area contributed by atoms with Gasteiger partial charge in [-0.1, -0.05) is 41.7 Å². The van der Waals surface area contributed by atoms with Crippen molar-refractivity contribution in [1.29, 1.82) is 0 Å². The Bertz CT molecular complexity index is 909. The number of nitrogens with one attached hydrogen (secondary N) is 1. The van der Waals surface area contributed by atoms with Gasteiger partial charge in [-0.2, -0.15) is 5.10 Å². The molecule has 1 heterocycles. The van der Waals surface area contributed by atoms with Crippen molar-refractivity contribution in [3.05, 3.63) is 70.7 Å². The molecule has 3 N–H and O–H groups in total. The number of ether oxygens (including phenoxy) is 1. The number of rotatable bonds is 7. The van der Waals surface area contributed by atoms with Crippen LogP contribution in [-0.2, 0) is 11.2 Å². The molecule has 0 radical (unpaired) electrons. The van der Waals surface area contributed by atoms with Crippen LogP contribution in [0.2, 0.25) is 0 Å². The van der Waals surface area contributed by atoms with Crippen molar-refractivity contribution < 1.29 is 9.53 Å². The van der Waals surface area contributed by atoms with Crippen LogP contribution in [0.3, 0.4) is 0 Å². The predicted molar refractivity (Wildman–Crippen MR) is 106 cm³/mol. The van der Waals surface area contributed by atoms with Crippen molar-refractivity contribution in [2.45, 2.75) is 19.4 Å². The number of hydrogen-bond acceptors (Lipinski definition) is 7. The molecular weight excluding hydrogens is 362 g/mol. The van der Waals surface area contributed by atoms with Gasteiger partial charge in [0.05, 0.1) is 12.6 Å². The Balaban J connectivity index is 1.49. The second-order valence-corrected chi connectivity index (χ2v) is 6.84. The summed E-state index contributed by atoms with van der Waals surface area (Å²) in [6, 6.07) is 17.5. The highest BCUT2D eigenvalue weighted by Gasteiger charge is 2.08. The lowest BCUT2D eigenvalue weighted by Crippen LogP contribution is -2.19. The monoisotopic (exact) mass is 381 g/mol. The first-order chi connectivity index (χ1) is 13.1. The lowest BCUT2D eigenvalue weighted by atomic mass is 10.1. The van der Waals surface area contributed by atoms with Crippen molar-refractivity contribution in [3.63, 3.8) is 0 Å². The zero-order valence-electron chi connectivity index (χ0n) is 14.7. The topological polar surface area (TPSA) is 102 Å². The molecule has 3 aromatic rings. The minimum Gasteiger partial charge on any atom is -0.486 e. The van der Waals surface area contributed by atoms with Gasteiger partial charge in [0.1, 0.15) is 16.9 Å². The van der Waals surface area contributed by atoms with Crippen LogP contribution in [0.5, 0.6) is 5.75 Å². The zero-order chi connectivity index (χ0) is 19.1. The van der Waals surface area contributed by atoms with Crippen LogP contribution in [0, 0.1) is 0 Å². The molecule has 1 aromatic heterocycles. The van der Waals surface area contributed by atoms with Crippen LogP contribution in [-0.4, -0.2) is 22.3 Å². The summed E-state index contributed by atoms with van der Waals surface area (Å²) in [5.41, 5.74) is 9.89. The van der Waals surface area contributed by atoms with Crippen molar-refractivity contribution in [1.82, 2.24) is 15.6 Å². The summed E-state index contributed by atoms with van der Waals surface area (Å²) in [6.45, 7) is 2.01. The minimum atomic E-state index is -0.279. The molecule has 0 bridgehead atoms. The van der Waals surface area contributed by atoms with Gasteiger partial charge in [0, 0.05) is 0 Å². The van der Waals surface area contributed by atoms with Crippen LogP contribution in [0.1, 0.15) is 29.2 Å². The number of amides is 1. The molecule has 0 spiro atoms. The third-order valence-corrected chi connectivity index (χ3v) is 4.41. The Morgan fingerprint density at radius 2 is 1.96 bits per heavy atom. The Kier molecular flexibility index (Phi) is 6.11. The van der Waals surface area contributed by atoms with Gasteiger partial charge < -0.3 is 10.5 Å². The summed E-state index contributed by atoms with van der Waals surface area (Å²) in [5.74, 6) is 0.487. The summed E-state index contributed by atoms with van der Waals surface area (Å²) in [7, 11) is 0. The highest BCUT2D eigenvalue weighted by atomic mass is 32.1. The molecule has 138 valence electrons. The quantitative estimate of drug-likeness (QED) is 0.484. The molecule has 0 saturated heterocycles. The lowest BCUT2D eigenvalue weighted by molar-refractivity contribution is -0.120. The maximum Gasteiger partial charge on any atom is 0.247 e. The van der Waals surface area contributed by atoms with Crippen LogP contribution < -0.4 is 15.9 Å². The minimum absolute atomic E-state index is 0.0422. The third-order valence-electron chi connectivity index (χ3n) is 3.66. The zero-order valence-corrected chi connectivity index (χ0v) is 15.5. The van der Waals surface area contributed by atoms with Gasteiger partial charge in [-0.3, -0.25) is 4.79 Å². The van der Waals surface area contributed by atoms with E-state index in [1.165, 1.54) is 11.3 Å². The number of anilines is 1. The Morgan fingerprint density at radius 1 is 1.22 bits per heavy atom. The number of hydrazone groups is 1. The second kappa shape index (κ2) is 8.91. The molecular formula is C19H19N5O2S. The number of carbonyl (C=O) groups is 1. The molecule has 2 aromatic carbocycles. The molecule has 1 amide bonds. The van der Waals surface area contributed by atoms with E-state index < -0.39 is 0 Å². The first-order valence-electron chi connectivity index (χ1n) is 8.31. The van der Waals surface area contributed by atoms with Crippen LogP contribution in [0.4, 0.5) is 5.13 Å². The van der Waals surface area contributed by atoms with Gasteiger partial charge in [0.2, 0.25) is 11.0 Å². The van der Waals surface area contributed by atoms with Crippen molar-refractivity contribution in [3.8, 4) is 5.75 Å². The Labute approximate surface area is 160 Å². The van der Waals surface area contributed by atoms with Crippen molar-refractivity contribution >= 4 is 28.6 Å². The van der Waals surface area contributed by atoms with E-state index in [1.54, 1.807) is 6.21 Å². The van der Waals surface area contributed by atoms with E-state index in [0.717, 1.165) is 16.9 Å². The van der Waals surface area contributed by atoms with Gasteiger partial charge in [-0.05, 0) is 42.3 Å². The Morgan fingerprint density at radius 3 is 2.63 bits per heavy atom. The maximum absolute atomic E-state index is 11.8. The van der Waals surface area contributed by atoms with Gasteiger partial charge in [-0.15, -0.1) is 10.2 Å².